The molecule has 1 atom stereocenters. The van der Waals surface area contributed by atoms with Crippen molar-refractivity contribution in [3.05, 3.63) is 18.2 Å². The van der Waals surface area contributed by atoms with E-state index in [9.17, 15) is 9.59 Å². The van der Waals surface area contributed by atoms with Gasteiger partial charge in [-0.2, -0.15) is 0 Å². The first-order valence-corrected chi connectivity index (χ1v) is 8.09. The predicted molar refractivity (Wildman–Crippen MR) is 91.9 cm³/mol. The standard InChI is InChI=1S/C16H21N3O3S/c1-9(17-14(21)16(2,3)4)13(20)19-15-18-11-7-6-10(22-5)8-12(11)23-15/h6-9H,1-5H3,(H,17,21)(H,18,19,20)/t9-/m0/s1. The molecule has 0 spiro atoms. The third kappa shape index (κ3) is 4.19. The number of hydrogen-bond donors (Lipinski definition) is 2. The van der Waals surface area contributed by atoms with Crippen molar-refractivity contribution in [1.29, 1.82) is 0 Å². The van der Waals surface area contributed by atoms with E-state index in [1.54, 1.807) is 34.8 Å². The first-order chi connectivity index (χ1) is 10.7. The normalized spacial score (nSPS) is 12.7. The number of fused-ring (bicyclic) bond motifs is 1. The van der Waals surface area contributed by atoms with Crippen LogP contribution < -0.4 is 15.4 Å². The number of amides is 2. The number of nitrogens with one attached hydrogen (secondary N) is 2. The minimum absolute atomic E-state index is 0.172. The van der Waals surface area contributed by atoms with Crippen LogP contribution in [0.4, 0.5) is 5.13 Å². The number of hydrogen-bond acceptors (Lipinski definition) is 5. The summed E-state index contributed by atoms with van der Waals surface area (Å²) in [5, 5.41) is 5.93. The lowest BCUT2D eigenvalue weighted by Gasteiger charge is -2.21. The molecule has 0 fully saturated rings. The number of carbonyl (C=O) groups is 2. The molecule has 2 aromatic rings. The minimum atomic E-state index is -0.636. The van der Waals surface area contributed by atoms with Gasteiger partial charge in [-0.25, -0.2) is 4.98 Å². The molecule has 1 aromatic carbocycles. The largest absolute Gasteiger partial charge is 0.497 e. The third-order valence-electron chi connectivity index (χ3n) is 3.25. The van der Waals surface area contributed by atoms with Gasteiger partial charge >= 0.3 is 0 Å². The summed E-state index contributed by atoms with van der Waals surface area (Å²) in [6, 6.07) is 4.89. The highest BCUT2D eigenvalue weighted by molar-refractivity contribution is 7.22. The molecule has 124 valence electrons. The Morgan fingerprint density at radius 2 is 2.00 bits per heavy atom. The molecular weight excluding hydrogens is 314 g/mol. The first kappa shape index (κ1) is 17.2. The van der Waals surface area contributed by atoms with Crippen molar-refractivity contribution in [2.45, 2.75) is 33.7 Å². The molecule has 23 heavy (non-hydrogen) atoms. The fourth-order valence-electron chi connectivity index (χ4n) is 1.78. The third-order valence-corrected chi connectivity index (χ3v) is 4.18. The lowest BCUT2D eigenvalue weighted by atomic mass is 9.95. The van der Waals surface area contributed by atoms with E-state index in [2.05, 4.69) is 15.6 Å². The molecule has 0 saturated heterocycles. The van der Waals surface area contributed by atoms with E-state index in [-0.39, 0.29) is 11.8 Å². The molecule has 0 bridgehead atoms. The van der Waals surface area contributed by atoms with E-state index in [1.807, 2.05) is 18.2 Å². The zero-order valence-corrected chi connectivity index (χ0v) is 14.7. The fraction of sp³-hybridized carbons (Fsp3) is 0.438. The number of thiazole rings is 1. The second-order valence-electron chi connectivity index (χ2n) is 6.29. The second-order valence-corrected chi connectivity index (χ2v) is 7.32. The van der Waals surface area contributed by atoms with E-state index in [4.69, 9.17) is 4.74 Å². The molecule has 2 N–H and O–H groups in total. The summed E-state index contributed by atoms with van der Waals surface area (Å²) in [6.07, 6.45) is 0. The number of aromatic nitrogens is 1. The van der Waals surface area contributed by atoms with Gasteiger partial charge in [0.1, 0.15) is 11.8 Å². The highest BCUT2D eigenvalue weighted by Crippen LogP contribution is 2.29. The highest BCUT2D eigenvalue weighted by Gasteiger charge is 2.25. The predicted octanol–water partition coefficient (Wildman–Crippen LogP) is 2.79. The molecule has 0 saturated carbocycles. The van der Waals surface area contributed by atoms with Gasteiger partial charge < -0.3 is 15.4 Å². The molecule has 2 rings (SSSR count). The minimum Gasteiger partial charge on any atom is -0.497 e. The van der Waals surface area contributed by atoms with Gasteiger partial charge in [-0.1, -0.05) is 32.1 Å². The number of ether oxygens (including phenoxy) is 1. The van der Waals surface area contributed by atoms with Crippen LogP contribution in [0.3, 0.4) is 0 Å². The summed E-state index contributed by atoms with van der Waals surface area (Å²) in [5.41, 5.74) is 0.249. The van der Waals surface area contributed by atoms with Crippen molar-refractivity contribution in [3.63, 3.8) is 0 Å². The van der Waals surface area contributed by atoms with Gasteiger partial charge in [-0.3, -0.25) is 9.59 Å². The molecule has 0 aliphatic heterocycles. The van der Waals surface area contributed by atoms with E-state index in [1.165, 1.54) is 11.3 Å². The van der Waals surface area contributed by atoms with E-state index >= 15 is 0 Å². The van der Waals surface area contributed by atoms with E-state index in [0.29, 0.717) is 5.13 Å². The average Bonchev–Trinajstić information content (AvgIpc) is 2.86. The van der Waals surface area contributed by atoms with Gasteiger partial charge in [0.05, 0.1) is 17.3 Å². The maximum atomic E-state index is 12.2. The molecule has 0 aliphatic rings. The molecule has 1 aromatic heterocycles. The summed E-state index contributed by atoms with van der Waals surface area (Å²) in [7, 11) is 1.60. The van der Waals surface area contributed by atoms with Crippen LogP contribution in [-0.2, 0) is 9.59 Å². The number of nitrogens with zero attached hydrogens (tertiary/aromatic N) is 1. The zero-order chi connectivity index (χ0) is 17.2. The van der Waals surface area contributed by atoms with Crippen LogP contribution in [-0.4, -0.2) is 29.9 Å². The average molecular weight is 335 g/mol. The smallest absolute Gasteiger partial charge is 0.248 e. The van der Waals surface area contributed by atoms with Gasteiger partial charge in [0.15, 0.2) is 5.13 Å². The lowest BCUT2D eigenvalue weighted by Crippen LogP contribution is -2.46. The zero-order valence-electron chi connectivity index (χ0n) is 13.9. The highest BCUT2D eigenvalue weighted by atomic mass is 32.1. The van der Waals surface area contributed by atoms with Crippen LogP contribution in [0, 0.1) is 5.41 Å². The van der Waals surface area contributed by atoms with Gasteiger partial charge in [0.25, 0.3) is 0 Å². The van der Waals surface area contributed by atoms with Crippen LogP contribution in [0.2, 0.25) is 0 Å². The van der Waals surface area contributed by atoms with Crippen LogP contribution in [0.15, 0.2) is 18.2 Å². The van der Waals surface area contributed by atoms with Crippen molar-refractivity contribution >= 4 is 38.5 Å². The Morgan fingerprint density at radius 3 is 2.61 bits per heavy atom. The topological polar surface area (TPSA) is 80.3 Å². The molecule has 0 radical (unpaired) electrons. The van der Waals surface area contributed by atoms with E-state index in [0.717, 1.165) is 16.0 Å². The summed E-state index contributed by atoms with van der Waals surface area (Å²) in [4.78, 5) is 28.5. The molecular formula is C16H21N3O3S. The summed E-state index contributed by atoms with van der Waals surface area (Å²) >= 11 is 1.36. The first-order valence-electron chi connectivity index (χ1n) is 7.27. The maximum absolute atomic E-state index is 12.2. The van der Waals surface area contributed by atoms with Crippen molar-refractivity contribution in [1.82, 2.24) is 10.3 Å². The summed E-state index contributed by atoms with van der Waals surface area (Å²) in [6.45, 7) is 7.05. The van der Waals surface area contributed by atoms with Crippen molar-refractivity contribution in [2.24, 2.45) is 5.41 Å². The number of anilines is 1. The molecule has 6 nitrogen and oxygen atoms in total. The summed E-state index contributed by atoms with van der Waals surface area (Å²) < 4.78 is 6.09. The Morgan fingerprint density at radius 1 is 1.30 bits per heavy atom. The van der Waals surface area contributed by atoms with Gasteiger partial charge in [-0.05, 0) is 25.1 Å². The van der Waals surface area contributed by atoms with Crippen molar-refractivity contribution in [3.8, 4) is 5.75 Å². The van der Waals surface area contributed by atoms with E-state index < -0.39 is 11.5 Å². The van der Waals surface area contributed by atoms with Crippen LogP contribution >= 0.6 is 11.3 Å². The molecule has 1 heterocycles. The Labute approximate surface area is 139 Å². The van der Waals surface area contributed by atoms with Crippen molar-refractivity contribution < 1.29 is 14.3 Å². The molecule has 0 aliphatic carbocycles. The van der Waals surface area contributed by atoms with Gasteiger partial charge in [-0.15, -0.1) is 0 Å². The molecule has 2 amide bonds. The van der Waals surface area contributed by atoms with Gasteiger partial charge in [0.2, 0.25) is 11.8 Å². The lowest BCUT2D eigenvalue weighted by molar-refractivity contribution is -0.131. The van der Waals surface area contributed by atoms with Crippen molar-refractivity contribution in [2.75, 3.05) is 12.4 Å². The number of rotatable bonds is 4. The SMILES string of the molecule is COc1ccc2nc(NC(=O)[C@H](C)NC(=O)C(C)(C)C)sc2c1. The Balaban J connectivity index is 2.06. The fourth-order valence-corrected chi connectivity index (χ4v) is 2.67. The molecule has 0 unspecified atom stereocenters. The van der Waals surface area contributed by atoms with Crippen LogP contribution in [0.1, 0.15) is 27.7 Å². The number of methoxy groups -OCH3 is 1. The van der Waals surface area contributed by atoms with Crippen LogP contribution in [0.5, 0.6) is 5.75 Å². The van der Waals surface area contributed by atoms with Crippen LogP contribution in [0.25, 0.3) is 10.2 Å². The number of benzene rings is 1. The maximum Gasteiger partial charge on any atom is 0.248 e. The summed E-state index contributed by atoms with van der Waals surface area (Å²) in [5.74, 6) is 0.271. The number of carbonyl (C=O) groups excluding carboxylic acids is 2. The monoisotopic (exact) mass is 335 g/mol. The van der Waals surface area contributed by atoms with Gasteiger partial charge in [0, 0.05) is 5.41 Å². The Hall–Kier alpha value is -2.15. The second kappa shape index (κ2) is 6.54. The molecule has 7 heteroatoms. The Kier molecular flexibility index (Phi) is 4.89. The Bertz CT molecular complexity index is 734. The quantitative estimate of drug-likeness (QED) is 0.900.